The summed E-state index contributed by atoms with van der Waals surface area (Å²) in [6.07, 6.45) is 3.18. The van der Waals surface area contributed by atoms with Crippen molar-refractivity contribution in [3.63, 3.8) is 0 Å². The SMILES string of the molecule is N#Cc1ccccc1C#CC=CC#Cc1c(Cl)cc(Cl)cc1Cl. The van der Waals surface area contributed by atoms with E-state index in [-0.39, 0.29) is 0 Å². The standard InChI is InChI=1S/C19H8Cl3N/c20-16-11-18(21)17(19(22)12-16)10-4-2-1-3-7-14-8-5-6-9-15(14)13-23/h1-2,5-6,8-9,11-12H. The fourth-order valence-corrected chi connectivity index (χ4v) is 2.58. The van der Waals surface area contributed by atoms with Crippen LogP contribution in [0.3, 0.4) is 0 Å². The Morgan fingerprint density at radius 2 is 1.39 bits per heavy atom. The average Bonchev–Trinajstić information content (AvgIpc) is 2.53. The summed E-state index contributed by atoms with van der Waals surface area (Å²) in [6, 6.07) is 12.4. The highest BCUT2D eigenvalue weighted by Gasteiger charge is 2.04. The Kier molecular flexibility index (Phi) is 6.17. The number of hydrogen-bond acceptors (Lipinski definition) is 1. The molecule has 0 unspecified atom stereocenters. The Labute approximate surface area is 150 Å². The van der Waals surface area contributed by atoms with E-state index in [4.69, 9.17) is 40.1 Å². The molecule has 0 saturated carbocycles. The summed E-state index contributed by atoms with van der Waals surface area (Å²) in [4.78, 5) is 0. The molecule has 0 aliphatic rings. The van der Waals surface area contributed by atoms with Crippen molar-refractivity contribution in [1.82, 2.24) is 0 Å². The quantitative estimate of drug-likeness (QED) is 0.574. The lowest BCUT2D eigenvalue weighted by molar-refractivity contribution is 1.47. The highest BCUT2D eigenvalue weighted by Crippen LogP contribution is 2.27. The van der Waals surface area contributed by atoms with Crippen LogP contribution in [0.2, 0.25) is 15.1 Å². The molecular formula is C19H8Cl3N. The van der Waals surface area contributed by atoms with Gasteiger partial charge in [0.25, 0.3) is 0 Å². The summed E-state index contributed by atoms with van der Waals surface area (Å²) in [5.41, 5.74) is 1.74. The number of benzene rings is 2. The first-order valence-corrected chi connectivity index (χ1v) is 7.57. The first-order chi connectivity index (χ1) is 11.1. The fraction of sp³-hybridized carbons (Fsp3) is 0. The van der Waals surface area contributed by atoms with Gasteiger partial charge in [0.05, 0.1) is 21.2 Å². The highest BCUT2D eigenvalue weighted by atomic mass is 35.5. The first kappa shape index (κ1) is 17.0. The lowest BCUT2D eigenvalue weighted by atomic mass is 10.1. The third-order valence-electron chi connectivity index (χ3n) is 2.71. The van der Waals surface area contributed by atoms with Crippen LogP contribution >= 0.6 is 34.8 Å². The van der Waals surface area contributed by atoms with E-state index in [2.05, 4.69) is 29.8 Å². The third kappa shape index (κ3) is 4.82. The lowest BCUT2D eigenvalue weighted by Gasteiger charge is -1.99. The molecule has 2 aromatic carbocycles. The van der Waals surface area contributed by atoms with E-state index in [1.165, 1.54) is 0 Å². The van der Waals surface area contributed by atoms with E-state index in [0.717, 1.165) is 0 Å². The van der Waals surface area contributed by atoms with Crippen molar-refractivity contribution in [3.05, 3.63) is 80.3 Å². The maximum atomic E-state index is 8.96. The summed E-state index contributed by atoms with van der Waals surface area (Å²) in [6.45, 7) is 0. The van der Waals surface area contributed by atoms with Crippen LogP contribution in [0.5, 0.6) is 0 Å². The zero-order valence-corrected chi connectivity index (χ0v) is 14.0. The molecule has 0 aromatic heterocycles. The van der Waals surface area contributed by atoms with Crippen molar-refractivity contribution < 1.29 is 0 Å². The molecule has 110 valence electrons. The summed E-state index contributed by atoms with van der Waals surface area (Å²) >= 11 is 17.9. The molecule has 0 aliphatic heterocycles. The second-order valence-corrected chi connectivity index (χ2v) is 5.52. The van der Waals surface area contributed by atoms with E-state index >= 15 is 0 Å². The number of hydrogen-bond donors (Lipinski definition) is 0. The van der Waals surface area contributed by atoms with Crippen LogP contribution in [0.4, 0.5) is 0 Å². The smallest absolute Gasteiger partial charge is 0.100 e. The van der Waals surface area contributed by atoms with Crippen LogP contribution in [-0.2, 0) is 0 Å². The van der Waals surface area contributed by atoms with Gasteiger partial charge in [0, 0.05) is 10.6 Å². The van der Waals surface area contributed by atoms with Gasteiger partial charge in [-0.15, -0.1) is 0 Å². The van der Waals surface area contributed by atoms with Gasteiger partial charge in [0.1, 0.15) is 6.07 Å². The molecule has 0 radical (unpaired) electrons. The van der Waals surface area contributed by atoms with Gasteiger partial charge in [-0.3, -0.25) is 0 Å². The van der Waals surface area contributed by atoms with E-state index in [9.17, 15) is 0 Å². The number of nitriles is 1. The van der Waals surface area contributed by atoms with E-state index < -0.39 is 0 Å². The van der Waals surface area contributed by atoms with Crippen LogP contribution < -0.4 is 0 Å². The molecule has 0 N–H and O–H groups in total. The summed E-state index contributed by atoms with van der Waals surface area (Å²) in [7, 11) is 0. The number of halogens is 3. The minimum absolute atomic E-state index is 0.400. The minimum atomic E-state index is 0.400. The molecule has 1 nitrogen and oxygen atoms in total. The van der Waals surface area contributed by atoms with Gasteiger partial charge in [-0.25, -0.2) is 0 Å². The summed E-state index contributed by atoms with van der Waals surface area (Å²) < 4.78 is 0. The Bertz CT molecular complexity index is 906. The van der Waals surface area contributed by atoms with E-state index in [0.29, 0.717) is 31.8 Å². The topological polar surface area (TPSA) is 23.8 Å². The monoisotopic (exact) mass is 355 g/mol. The molecule has 0 spiro atoms. The predicted molar refractivity (Wildman–Crippen MR) is 95.5 cm³/mol. The largest absolute Gasteiger partial charge is 0.192 e. The molecule has 0 atom stereocenters. The molecule has 2 rings (SSSR count). The van der Waals surface area contributed by atoms with E-state index in [1.54, 1.807) is 42.5 Å². The van der Waals surface area contributed by atoms with Gasteiger partial charge in [0.15, 0.2) is 0 Å². The van der Waals surface area contributed by atoms with Gasteiger partial charge in [-0.05, 0) is 36.4 Å². The van der Waals surface area contributed by atoms with Gasteiger partial charge >= 0.3 is 0 Å². The predicted octanol–water partition coefficient (Wildman–Crippen LogP) is 5.48. The van der Waals surface area contributed by atoms with Crippen molar-refractivity contribution in [3.8, 4) is 29.8 Å². The van der Waals surface area contributed by atoms with Crippen molar-refractivity contribution in [1.29, 1.82) is 5.26 Å². The lowest BCUT2D eigenvalue weighted by Crippen LogP contribution is -1.80. The number of nitrogens with zero attached hydrogens (tertiary/aromatic N) is 1. The molecule has 4 heteroatoms. The normalized spacial score (nSPS) is 9.48. The Morgan fingerprint density at radius 3 is 2.00 bits per heavy atom. The number of rotatable bonds is 0. The second-order valence-electron chi connectivity index (χ2n) is 4.27. The Morgan fingerprint density at radius 1 is 0.826 bits per heavy atom. The molecule has 2 aromatic rings. The molecule has 0 fully saturated rings. The molecule has 0 aliphatic carbocycles. The van der Waals surface area contributed by atoms with Crippen molar-refractivity contribution >= 4 is 34.8 Å². The van der Waals surface area contributed by atoms with Crippen molar-refractivity contribution in [2.24, 2.45) is 0 Å². The van der Waals surface area contributed by atoms with Crippen LogP contribution in [0, 0.1) is 35.0 Å². The average molecular weight is 357 g/mol. The van der Waals surface area contributed by atoms with E-state index in [1.807, 2.05) is 6.07 Å². The maximum absolute atomic E-state index is 8.96. The van der Waals surface area contributed by atoms with Crippen LogP contribution in [-0.4, -0.2) is 0 Å². The zero-order valence-electron chi connectivity index (χ0n) is 11.7. The van der Waals surface area contributed by atoms with Crippen LogP contribution in [0.1, 0.15) is 16.7 Å². The Balaban J connectivity index is 2.14. The third-order valence-corrected chi connectivity index (χ3v) is 3.52. The van der Waals surface area contributed by atoms with Gasteiger partial charge in [-0.2, -0.15) is 5.26 Å². The zero-order chi connectivity index (χ0) is 16.7. The second kappa shape index (κ2) is 8.33. The molecule has 0 saturated heterocycles. The number of allylic oxidation sites excluding steroid dienone is 2. The molecule has 0 heterocycles. The Hall–Kier alpha value is -2.34. The van der Waals surface area contributed by atoms with Gasteiger partial charge in [0.2, 0.25) is 0 Å². The summed E-state index contributed by atoms with van der Waals surface area (Å²) in [5.74, 6) is 11.4. The maximum Gasteiger partial charge on any atom is 0.100 e. The molecular weight excluding hydrogens is 349 g/mol. The highest BCUT2D eigenvalue weighted by molar-refractivity contribution is 6.39. The minimum Gasteiger partial charge on any atom is -0.192 e. The molecule has 0 amide bonds. The van der Waals surface area contributed by atoms with Gasteiger partial charge < -0.3 is 0 Å². The fourth-order valence-electron chi connectivity index (χ4n) is 1.67. The first-order valence-electron chi connectivity index (χ1n) is 6.43. The van der Waals surface area contributed by atoms with Crippen molar-refractivity contribution in [2.75, 3.05) is 0 Å². The van der Waals surface area contributed by atoms with Crippen LogP contribution in [0.15, 0.2) is 48.6 Å². The molecule has 23 heavy (non-hydrogen) atoms. The van der Waals surface area contributed by atoms with Crippen molar-refractivity contribution in [2.45, 2.75) is 0 Å². The van der Waals surface area contributed by atoms with Gasteiger partial charge in [-0.1, -0.05) is 70.6 Å². The van der Waals surface area contributed by atoms with Crippen LogP contribution in [0.25, 0.3) is 0 Å². The molecule has 0 bridgehead atoms. The summed E-state index contributed by atoms with van der Waals surface area (Å²) in [5, 5.41) is 10.2.